The van der Waals surface area contributed by atoms with Gasteiger partial charge in [0.05, 0.1) is 6.04 Å². The monoisotopic (exact) mass is 216 g/mol. The highest BCUT2D eigenvalue weighted by atomic mass is 16.2. The Hall–Kier alpha value is -1.79. The molecular formula is C8H16N4O3. The van der Waals surface area contributed by atoms with Gasteiger partial charge in [-0.3, -0.25) is 4.79 Å². The van der Waals surface area contributed by atoms with E-state index in [1.54, 1.807) is 6.92 Å². The van der Waals surface area contributed by atoms with Crippen LogP contribution in [0.3, 0.4) is 0 Å². The van der Waals surface area contributed by atoms with Gasteiger partial charge in [-0.2, -0.15) is 0 Å². The van der Waals surface area contributed by atoms with Crippen molar-refractivity contribution in [2.75, 3.05) is 6.54 Å². The molecule has 0 radical (unpaired) electrons. The zero-order valence-corrected chi connectivity index (χ0v) is 8.58. The average molecular weight is 216 g/mol. The Bertz CT molecular complexity index is 254. The number of ketones is 1. The number of Topliss-reactive ketones (excluding diaryl/α,β-unsaturated/α-hetero) is 1. The van der Waals surface area contributed by atoms with E-state index in [9.17, 15) is 14.4 Å². The molecule has 0 aromatic carbocycles. The Morgan fingerprint density at radius 2 is 1.80 bits per heavy atom. The lowest BCUT2D eigenvalue weighted by Crippen LogP contribution is -2.47. The molecule has 0 saturated carbocycles. The molecule has 0 aromatic rings. The molecule has 4 amide bonds. The summed E-state index contributed by atoms with van der Waals surface area (Å²) in [4.78, 5) is 32.1. The largest absolute Gasteiger partial charge is 0.352 e. The van der Waals surface area contributed by atoms with E-state index in [2.05, 4.69) is 10.6 Å². The van der Waals surface area contributed by atoms with Crippen molar-refractivity contribution >= 4 is 17.8 Å². The van der Waals surface area contributed by atoms with E-state index in [1.807, 2.05) is 0 Å². The van der Waals surface area contributed by atoms with Gasteiger partial charge in [0.2, 0.25) is 0 Å². The van der Waals surface area contributed by atoms with E-state index in [-0.39, 0.29) is 18.7 Å². The fourth-order valence-electron chi connectivity index (χ4n) is 1.02. The Labute approximate surface area is 87.6 Å². The van der Waals surface area contributed by atoms with Crippen LogP contribution in [0.15, 0.2) is 0 Å². The van der Waals surface area contributed by atoms with Gasteiger partial charge in [0.1, 0.15) is 5.78 Å². The fourth-order valence-corrected chi connectivity index (χ4v) is 1.02. The Kier molecular flexibility index (Phi) is 5.84. The van der Waals surface area contributed by atoms with E-state index < -0.39 is 18.1 Å². The van der Waals surface area contributed by atoms with E-state index in [4.69, 9.17) is 11.5 Å². The van der Waals surface area contributed by atoms with Gasteiger partial charge < -0.3 is 22.1 Å². The van der Waals surface area contributed by atoms with Crippen LogP contribution in [0.2, 0.25) is 0 Å². The second kappa shape index (κ2) is 6.63. The summed E-state index contributed by atoms with van der Waals surface area (Å²) in [5, 5.41) is 4.64. The molecule has 0 rings (SSSR count). The summed E-state index contributed by atoms with van der Waals surface area (Å²) >= 11 is 0. The van der Waals surface area contributed by atoms with Crippen molar-refractivity contribution in [3.05, 3.63) is 0 Å². The van der Waals surface area contributed by atoms with Crippen LogP contribution in [0.1, 0.15) is 19.8 Å². The third-order valence-corrected chi connectivity index (χ3v) is 1.74. The second-order valence-electron chi connectivity index (χ2n) is 3.05. The van der Waals surface area contributed by atoms with Crippen LogP contribution in [-0.2, 0) is 4.79 Å². The molecule has 86 valence electrons. The fraction of sp³-hybridized carbons (Fsp3) is 0.625. The maximum Gasteiger partial charge on any atom is 0.312 e. The number of nitrogens with one attached hydrogen (secondary N) is 2. The lowest BCUT2D eigenvalue weighted by Gasteiger charge is -2.16. The average Bonchev–Trinajstić information content (AvgIpc) is 2.13. The Morgan fingerprint density at radius 1 is 1.20 bits per heavy atom. The molecule has 0 fully saturated rings. The number of hydrogen-bond donors (Lipinski definition) is 4. The second-order valence-corrected chi connectivity index (χ2v) is 3.05. The van der Waals surface area contributed by atoms with Crippen LogP contribution < -0.4 is 22.1 Å². The third-order valence-electron chi connectivity index (χ3n) is 1.74. The van der Waals surface area contributed by atoms with Gasteiger partial charge >= 0.3 is 12.1 Å². The van der Waals surface area contributed by atoms with Gasteiger partial charge in [0.15, 0.2) is 0 Å². The van der Waals surface area contributed by atoms with Gasteiger partial charge in [-0.15, -0.1) is 0 Å². The molecule has 0 heterocycles. The summed E-state index contributed by atoms with van der Waals surface area (Å²) < 4.78 is 0. The number of rotatable bonds is 6. The zero-order chi connectivity index (χ0) is 11.8. The minimum absolute atomic E-state index is 0.0278. The molecule has 0 bridgehead atoms. The summed E-state index contributed by atoms with van der Waals surface area (Å²) in [6.07, 6.45) is 0.493. The van der Waals surface area contributed by atoms with Crippen LogP contribution in [0, 0.1) is 0 Å². The molecule has 7 heteroatoms. The first-order chi connectivity index (χ1) is 6.95. The number of carbonyl (C=O) groups is 3. The van der Waals surface area contributed by atoms with Crippen LogP contribution >= 0.6 is 0 Å². The molecule has 15 heavy (non-hydrogen) atoms. The van der Waals surface area contributed by atoms with Crippen LogP contribution in [0.25, 0.3) is 0 Å². The van der Waals surface area contributed by atoms with Crippen LogP contribution in [-0.4, -0.2) is 30.4 Å². The highest BCUT2D eigenvalue weighted by molar-refractivity contribution is 5.80. The molecule has 0 aromatic heterocycles. The molecule has 0 aliphatic heterocycles. The maximum atomic E-state index is 11.1. The number of hydrogen-bond acceptors (Lipinski definition) is 3. The van der Waals surface area contributed by atoms with Gasteiger partial charge in [-0.05, 0) is 0 Å². The standard InChI is InChI=1S/C8H16N4O3/c1-2-6(13)3-5(12-8(10)15)4-11-7(9)14/h5H,2-4H2,1H3,(H3,9,11,14)(H3,10,12,15). The number of nitrogens with two attached hydrogens (primary N) is 2. The lowest BCUT2D eigenvalue weighted by atomic mass is 10.1. The summed E-state index contributed by atoms with van der Waals surface area (Å²) in [6.45, 7) is 1.80. The summed E-state index contributed by atoms with van der Waals surface area (Å²) in [5.41, 5.74) is 9.77. The van der Waals surface area contributed by atoms with Crippen molar-refractivity contribution in [2.24, 2.45) is 11.5 Å². The van der Waals surface area contributed by atoms with Gasteiger partial charge in [0.25, 0.3) is 0 Å². The Balaban J connectivity index is 4.11. The molecule has 0 aliphatic rings. The van der Waals surface area contributed by atoms with Crippen LogP contribution in [0.5, 0.6) is 0 Å². The summed E-state index contributed by atoms with van der Waals surface area (Å²) in [7, 11) is 0. The van der Waals surface area contributed by atoms with Crippen molar-refractivity contribution in [1.82, 2.24) is 10.6 Å². The number of amides is 4. The first-order valence-corrected chi connectivity index (χ1v) is 4.56. The van der Waals surface area contributed by atoms with Crippen molar-refractivity contribution < 1.29 is 14.4 Å². The first kappa shape index (κ1) is 13.2. The van der Waals surface area contributed by atoms with Crippen molar-refractivity contribution in [3.8, 4) is 0 Å². The van der Waals surface area contributed by atoms with Crippen molar-refractivity contribution in [3.63, 3.8) is 0 Å². The van der Waals surface area contributed by atoms with Gasteiger partial charge in [-0.25, -0.2) is 9.59 Å². The Morgan fingerprint density at radius 3 is 2.20 bits per heavy atom. The van der Waals surface area contributed by atoms with Crippen LogP contribution in [0.4, 0.5) is 9.59 Å². The molecule has 7 nitrogen and oxygen atoms in total. The molecule has 0 aliphatic carbocycles. The first-order valence-electron chi connectivity index (χ1n) is 4.56. The van der Waals surface area contributed by atoms with E-state index >= 15 is 0 Å². The predicted octanol–water partition coefficient (Wildman–Crippen LogP) is -0.939. The topological polar surface area (TPSA) is 127 Å². The highest BCUT2D eigenvalue weighted by Crippen LogP contribution is 1.95. The minimum atomic E-state index is -0.741. The molecule has 1 unspecified atom stereocenters. The lowest BCUT2D eigenvalue weighted by molar-refractivity contribution is -0.119. The van der Waals surface area contributed by atoms with E-state index in [0.29, 0.717) is 6.42 Å². The summed E-state index contributed by atoms with van der Waals surface area (Å²) in [6, 6.07) is -1.96. The highest BCUT2D eigenvalue weighted by Gasteiger charge is 2.14. The quantitative estimate of drug-likeness (QED) is 0.457. The normalized spacial score (nSPS) is 11.5. The van der Waals surface area contributed by atoms with Gasteiger partial charge in [-0.1, -0.05) is 6.92 Å². The zero-order valence-electron chi connectivity index (χ0n) is 8.58. The molecule has 0 saturated heterocycles. The number of carbonyl (C=O) groups excluding carboxylic acids is 3. The van der Waals surface area contributed by atoms with Crippen molar-refractivity contribution in [2.45, 2.75) is 25.8 Å². The maximum absolute atomic E-state index is 11.1. The third kappa shape index (κ3) is 7.29. The van der Waals surface area contributed by atoms with E-state index in [1.165, 1.54) is 0 Å². The van der Waals surface area contributed by atoms with Crippen molar-refractivity contribution in [1.29, 1.82) is 0 Å². The SMILES string of the molecule is CCC(=O)CC(CNC(N)=O)NC(N)=O. The predicted molar refractivity (Wildman–Crippen MR) is 54.0 cm³/mol. The summed E-state index contributed by atoms with van der Waals surface area (Å²) in [5.74, 6) is -0.0278. The molecule has 1 atom stereocenters. The van der Waals surface area contributed by atoms with Gasteiger partial charge in [0, 0.05) is 19.4 Å². The molecule has 6 N–H and O–H groups in total. The molecular weight excluding hydrogens is 200 g/mol. The smallest absolute Gasteiger partial charge is 0.312 e. The molecule has 0 spiro atoms. The van der Waals surface area contributed by atoms with E-state index in [0.717, 1.165) is 0 Å². The number of urea groups is 2. The minimum Gasteiger partial charge on any atom is -0.352 e. The number of primary amides is 2.